The van der Waals surface area contributed by atoms with Gasteiger partial charge in [0.1, 0.15) is 0 Å². The van der Waals surface area contributed by atoms with Crippen LogP contribution in [0.15, 0.2) is 28.7 Å². The number of benzene rings is 1. The third kappa shape index (κ3) is 4.91. The Hall–Kier alpha value is -0.190. The normalized spacial score (nSPS) is 14.9. The SMILES string of the molecule is CC(CNCc1cccc(Br)c1)S(C)=O. The largest absolute Gasteiger partial charge is 0.311 e. The molecule has 0 saturated carbocycles. The molecule has 1 N–H and O–H groups in total. The van der Waals surface area contributed by atoms with E-state index in [1.54, 1.807) is 6.26 Å². The van der Waals surface area contributed by atoms with Crippen molar-refractivity contribution in [3.63, 3.8) is 0 Å². The number of rotatable bonds is 5. The van der Waals surface area contributed by atoms with E-state index >= 15 is 0 Å². The molecule has 0 radical (unpaired) electrons. The molecule has 0 saturated heterocycles. The lowest BCUT2D eigenvalue weighted by Gasteiger charge is -2.09. The fourth-order valence-corrected chi connectivity index (χ4v) is 1.98. The van der Waals surface area contributed by atoms with Gasteiger partial charge in [0.05, 0.1) is 0 Å². The zero-order chi connectivity index (χ0) is 11.3. The molecule has 0 fully saturated rings. The Bertz CT molecular complexity index is 343. The van der Waals surface area contributed by atoms with Crippen molar-refractivity contribution in [2.45, 2.75) is 18.7 Å². The van der Waals surface area contributed by atoms with Crippen LogP contribution in [0.2, 0.25) is 0 Å². The molecule has 0 bridgehead atoms. The van der Waals surface area contributed by atoms with Crippen molar-refractivity contribution in [2.24, 2.45) is 0 Å². The second kappa shape index (κ2) is 6.40. The van der Waals surface area contributed by atoms with Gasteiger partial charge in [-0.1, -0.05) is 28.1 Å². The average molecular weight is 290 g/mol. The number of hydrogen-bond donors (Lipinski definition) is 1. The zero-order valence-corrected chi connectivity index (χ0v) is 11.4. The van der Waals surface area contributed by atoms with E-state index in [1.165, 1.54) is 5.56 Å². The summed E-state index contributed by atoms with van der Waals surface area (Å²) in [4.78, 5) is 0. The van der Waals surface area contributed by atoms with E-state index < -0.39 is 10.8 Å². The molecule has 2 atom stereocenters. The molecule has 4 heteroatoms. The van der Waals surface area contributed by atoms with E-state index in [0.29, 0.717) is 0 Å². The lowest BCUT2D eigenvalue weighted by Crippen LogP contribution is -2.27. The molecule has 1 aromatic carbocycles. The Morgan fingerprint density at radius 3 is 2.87 bits per heavy atom. The van der Waals surface area contributed by atoms with E-state index in [-0.39, 0.29) is 5.25 Å². The number of halogens is 1. The van der Waals surface area contributed by atoms with Crippen LogP contribution in [0.1, 0.15) is 12.5 Å². The topological polar surface area (TPSA) is 29.1 Å². The van der Waals surface area contributed by atoms with Gasteiger partial charge in [-0.2, -0.15) is 0 Å². The summed E-state index contributed by atoms with van der Waals surface area (Å²) < 4.78 is 12.2. The molecular formula is C11H16BrNOS. The highest BCUT2D eigenvalue weighted by Gasteiger charge is 2.04. The first-order valence-corrected chi connectivity index (χ1v) is 7.28. The third-order valence-corrected chi connectivity index (χ3v) is 4.01. The van der Waals surface area contributed by atoms with Crippen LogP contribution in [0.3, 0.4) is 0 Å². The van der Waals surface area contributed by atoms with Crippen molar-refractivity contribution in [3.8, 4) is 0 Å². The van der Waals surface area contributed by atoms with Gasteiger partial charge >= 0.3 is 0 Å². The summed E-state index contributed by atoms with van der Waals surface area (Å²) in [5.74, 6) is 0. The standard InChI is InChI=1S/C11H16BrNOS/c1-9(15(2)14)7-13-8-10-4-3-5-11(12)6-10/h3-6,9,13H,7-8H2,1-2H3. The molecule has 15 heavy (non-hydrogen) atoms. The zero-order valence-electron chi connectivity index (χ0n) is 9.00. The van der Waals surface area contributed by atoms with Crippen LogP contribution in [0.4, 0.5) is 0 Å². The van der Waals surface area contributed by atoms with Crippen molar-refractivity contribution in [1.82, 2.24) is 5.32 Å². The summed E-state index contributed by atoms with van der Waals surface area (Å²) in [5, 5.41) is 3.50. The highest BCUT2D eigenvalue weighted by Crippen LogP contribution is 2.11. The molecule has 0 spiro atoms. The van der Waals surface area contributed by atoms with Gasteiger partial charge in [-0.3, -0.25) is 4.21 Å². The minimum absolute atomic E-state index is 0.206. The van der Waals surface area contributed by atoms with Crippen LogP contribution in [0, 0.1) is 0 Å². The summed E-state index contributed by atoms with van der Waals surface area (Å²) >= 11 is 3.43. The van der Waals surface area contributed by atoms with Crippen LogP contribution in [-0.2, 0) is 17.3 Å². The molecule has 0 heterocycles. The predicted molar refractivity (Wildman–Crippen MR) is 69.4 cm³/mol. The fourth-order valence-electron chi connectivity index (χ4n) is 1.18. The van der Waals surface area contributed by atoms with Crippen molar-refractivity contribution >= 4 is 26.7 Å². The summed E-state index contributed by atoms with van der Waals surface area (Å²) in [6.45, 7) is 3.60. The highest BCUT2D eigenvalue weighted by atomic mass is 79.9. The molecule has 2 nitrogen and oxygen atoms in total. The molecule has 0 amide bonds. The van der Waals surface area contributed by atoms with E-state index in [0.717, 1.165) is 17.6 Å². The molecule has 0 aliphatic carbocycles. The highest BCUT2D eigenvalue weighted by molar-refractivity contribution is 9.10. The molecular weight excluding hydrogens is 274 g/mol. The van der Waals surface area contributed by atoms with Crippen molar-refractivity contribution in [2.75, 3.05) is 12.8 Å². The smallest absolute Gasteiger partial charge is 0.0441 e. The summed E-state index contributed by atoms with van der Waals surface area (Å²) in [6, 6.07) is 8.18. The Morgan fingerprint density at radius 1 is 1.53 bits per heavy atom. The first-order chi connectivity index (χ1) is 7.09. The molecule has 0 aliphatic heterocycles. The van der Waals surface area contributed by atoms with E-state index in [1.807, 2.05) is 19.1 Å². The Balaban J connectivity index is 2.35. The Kier molecular flexibility index (Phi) is 5.50. The van der Waals surface area contributed by atoms with Crippen LogP contribution < -0.4 is 5.32 Å². The third-order valence-electron chi connectivity index (χ3n) is 2.22. The van der Waals surface area contributed by atoms with Crippen LogP contribution in [0.25, 0.3) is 0 Å². The molecule has 1 rings (SSSR count). The van der Waals surface area contributed by atoms with E-state index in [4.69, 9.17) is 0 Å². The van der Waals surface area contributed by atoms with Crippen LogP contribution in [0.5, 0.6) is 0 Å². The quantitative estimate of drug-likeness (QED) is 0.901. The lowest BCUT2D eigenvalue weighted by atomic mass is 10.2. The van der Waals surface area contributed by atoms with Gasteiger partial charge in [-0.15, -0.1) is 0 Å². The van der Waals surface area contributed by atoms with Gasteiger partial charge in [0.2, 0.25) is 0 Å². The monoisotopic (exact) mass is 289 g/mol. The van der Waals surface area contributed by atoms with Gasteiger partial charge in [-0.25, -0.2) is 0 Å². The van der Waals surface area contributed by atoms with Crippen molar-refractivity contribution < 1.29 is 4.21 Å². The minimum Gasteiger partial charge on any atom is -0.311 e. The van der Waals surface area contributed by atoms with Gasteiger partial charge in [0.25, 0.3) is 0 Å². The van der Waals surface area contributed by atoms with Crippen LogP contribution >= 0.6 is 15.9 Å². The van der Waals surface area contributed by atoms with Crippen molar-refractivity contribution in [1.29, 1.82) is 0 Å². The number of hydrogen-bond acceptors (Lipinski definition) is 2. The average Bonchev–Trinajstić information content (AvgIpc) is 2.17. The molecule has 2 unspecified atom stereocenters. The molecule has 1 aromatic rings. The summed E-state index contributed by atoms with van der Waals surface area (Å²) in [6.07, 6.45) is 1.74. The van der Waals surface area contributed by atoms with E-state index in [2.05, 4.69) is 33.4 Å². The molecule has 0 aromatic heterocycles. The van der Waals surface area contributed by atoms with Gasteiger partial charge in [0.15, 0.2) is 0 Å². The fraction of sp³-hybridized carbons (Fsp3) is 0.455. The minimum atomic E-state index is -0.744. The van der Waals surface area contributed by atoms with Crippen LogP contribution in [-0.4, -0.2) is 22.3 Å². The first kappa shape index (κ1) is 12.9. The number of nitrogens with one attached hydrogen (secondary N) is 1. The van der Waals surface area contributed by atoms with Gasteiger partial charge in [-0.05, 0) is 24.6 Å². The Morgan fingerprint density at radius 2 is 2.27 bits per heavy atom. The maximum Gasteiger partial charge on any atom is 0.0441 e. The van der Waals surface area contributed by atoms with Crippen molar-refractivity contribution in [3.05, 3.63) is 34.3 Å². The first-order valence-electron chi connectivity index (χ1n) is 4.87. The van der Waals surface area contributed by atoms with Gasteiger partial charge < -0.3 is 5.32 Å². The second-order valence-electron chi connectivity index (χ2n) is 3.57. The molecule has 0 aliphatic rings. The summed E-state index contributed by atoms with van der Waals surface area (Å²) in [7, 11) is -0.744. The maximum absolute atomic E-state index is 11.1. The maximum atomic E-state index is 11.1. The van der Waals surface area contributed by atoms with E-state index in [9.17, 15) is 4.21 Å². The summed E-state index contributed by atoms with van der Waals surface area (Å²) in [5.41, 5.74) is 1.23. The Labute approximate surface area is 102 Å². The molecule has 84 valence electrons. The predicted octanol–water partition coefficient (Wildman–Crippen LogP) is 2.31. The second-order valence-corrected chi connectivity index (χ2v) is 6.29. The van der Waals surface area contributed by atoms with Gasteiger partial charge in [0, 0.05) is 39.9 Å². The lowest BCUT2D eigenvalue weighted by molar-refractivity contribution is 0.647.